The second-order valence-electron chi connectivity index (χ2n) is 4.71. The number of aromatic nitrogens is 3. The molecule has 0 saturated heterocycles. The van der Waals surface area contributed by atoms with Gasteiger partial charge < -0.3 is 4.74 Å². The summed E-state index contributed by atoms with van der Waals surface area (Å²) in [6.45, 7) is 6.82. The van der Waals surface area contributed by atoms with Crippen LogP contribution in [0.5, 0.6) is 5.75 Å². The maximum atomic E-state index is 5.67. The Balaban J connectivity index is 1.84. The van der Waals surface area contributed by atoms with E-state index in [9.17, 15) is 0 Å². The van der Waals surface area contributed by atoms with Gasteiger partial charge in [-0.15, -0.1) is 0 Å². The molecule has 1 aromatic heterocycles. The SMILES string of the molecule is Cc1cccc(OCCc2nc(C(C)C)n[nH]2)c1. The molecule has 96 valence electrons. The van der Waals surface area contributed by atoms with Crippen molar-refractivity contribution in [2.45, 2.75) is 33.1 Å². The van der Waals surface area contributed by atoms with Crippen molar-refractivity contribution in [3.8, 4) is 5.75 Å². The fourth-order valence-electron chi connectivity index (χ4n) is 1.65. The zero-order valence-electron chi connectivity index (χ0n) is 11.1. The van der Waals surface area contributed by atoms with E-state index in [4.69, 9.17) is 4.74 Å². The summed E-state index contributed by atoms with van der Waals surface area (Å²) in [5.74, 6) is 3.00. The van der Waals surface area contributed by atoms with Gasteiger partial charge in [-0.05, 0) is 24.6 Å². The first-order valence-corrected chi connectivity index (χ1v) is 6.26. The van der Waals surface area contributed by atoms with Gasteiger partial charge in [-0.1, -0.05) is 26.0 Å². The van der Waals surface area contributed by atoms with Crippen molar-refractivity contribution in [1.29, 1.82) is 0 Å². The fourth-order valence-corrected chi connectivity index (χ4v) is 1.65. The molecule has 0 aliphatic heterocycles. The molecule has 0 aliphatic rings. The number of nitrogens with one attached hydrogen (secondary N) is 1. The summed E-state index contributed by atoms with van der Waals surface area (Å²) in [4.78, 5) is 4.41. The van der Waals surface area contributed by atoms with E-state index in [0.717, 1.165) is 23.8 Å². The largest absolute Gasteiger partial charge is 0.493 e. The van der Waals surface area contributed by atoms with Crippen LogP contribution in [0.4, 0.5) is 0 Å². The lowest BCUT2D eigenvalue weighted by Gasteiger charge is -2.05. The first-order valence-electron chi connectivity index (χ1n) is 6.26. The van der Waals surface area contributed by atoms with Crippen LogP contribution < -0.4 is 4.74 Å². The highest BCUT2D eigenvalue weighted by atomic mass is 16.5. The van der Waals surface area contributed by atoms with Crippen molar-refractivity contribution >= 4 is 0 Å². The minimum absolute atomic E-state index is 0.354. The van der Waals surface area contributed by atoms with E-state index in [0.29, 0.717) is 12.5 Å². The molecule has 0 aliphatic carbocycles. The molecule has 1 N–H and O–H groups in total. The lowest BCUT2D eigenvalue weighted by Crippen LogP contribution is -2.03. The van der Waals surface area contributed by atoms with Gasteiger partial charge in [0, 0.05) is 12.3 Å². The number of hydrogen-bond acceptors (Lipinski definition) is 3. The highest BCUT2D eigenvalue weighted by molar-refractivity contribution is 5.27. The van der Waals surface area contributed by atoms with Gasteiger partial charge in [-0.3, -0.25) is 5.10 Å². The van der Waals surface area contributed by atoms with Crippen molar-refractivity contribution in [3.05, 3.63) is 41.5 Å². The number of ether oxygens (including phenoxy) is 1. The Kier molecular flexibility index (Phi) is 3.97. The van der Waals surface area contributed by atoms with Crippen molar-refractivity contribution < 1.29 is 4.74 Å². The summed E-state index contributed by atoms with van der Waals surface area (Å²) in [5.41, 5.74) is 1.20. The minimum Gasteiger partial charge on any atom is -0.493 e. The quantitative estimate of drug-likeness (QED) is 0.881. The molecule has 0 bridgehead atoms. The van der Waals surface area contributed by atoms with Crippen LogP contribution in [0.1, 0.15) is 37.0 Å². The van der Waals surface area contributed by atoms with E-state index in [1.165, 1.54) is 5.56 Å². The number of aromatic amines is 1. The first kappa shape index (κ1) is 12.6. The van der Waals surface area contributed by atoms with E-state index in [1.807, 2.05) is 18.2 Å². The highest BCUT2D eigenvalue weighted by Crippen LogP contribution is 2.13. The van der Waals surface area contributed by atoms with Gasteiger partial charge in [0.1, 0.15) is 11.6 Å². The number of H-pyrrole nitrogens is 1. The average molecular weight is 245 g/mol. The molecule has 1 aromatic carbocycles. The molecule has 0 atom stereocenters. The lowest BCUT2D eigenvalue weighted by molar-refractivity contribution is 0.319. The van der Waals surface area contributed by atoms with Crippen LogP contribution >= 0.6 is 0 Å². The second-order valence-corrected chi connectivity index (χ2v) is 4.71. The van der Waals surface area contributed by atoms with Gasteiger partial charge in [0.05, 0.1) is 6.61 Å². The molecule has 2 aromatic rings. The molecule has 2 rings (SSSR count). The highest BCUT2D eigenvalue weighted by Gasteiger charge is 2.06. The molecule has 4 nitrogen and oxygen atoms in total. The molecule has 18 heavy (non-hydrogen) atoms. The summed E-state index contributed by atoms with van der Waals surface area (Å²) in [7, 11) is 0. The van der Waals surface area contributed by atoms with Crippen molar-refractivity contribution in [2.24, 2.45) is 0 Å². The number of hydrogen-bond donors (Lipinski definition) is 1. The third-order valence-corrected chi connectivity index (χ3v) is 2.66. The second kappa shape index (κ2) is 5.67. The van der Waals surface area contributed by atoms with Crippen LogP contribution in [0.2, 0.25) is 0 Å². The summed E-state index contributed by atoms with van der Waals surface area (Å²) < 4.78 is 5.67. The molecule has 0 fully saturated rings. The number of aryl methyl sites for hydroxylation is 1. The van der Waals surface area contributed by atoms with Crippen LogP contribution in [0.25, 0.3) is 0 Å². The predicted molar refractivity (Wildman–Crippen MR) is 70.8 cm³/mol. The summed E-state index contributed by atoms with van der Waals surface area (Å²) in [6, 6.07) is 8.04. The standard InChI is InChI=1S/C14H19N3O/c1-10(2)14-15-13(16-17-14)7-8-18-12-6-4-5-11(3)9-12/h4-6,9-10H,7-8H2,1-3H3,(H,15,16,17). The van der Waals surface area contributed by atoms with Gasteiger partial charge in [0.15, 0.2) is 5.82 Å². The summed E-state index contributed by atoms with van der Waals surface area (Å²) in [5, 5.41) is 7.11. The van der Waals surface area contributed by atoms with Crippen LogP contribution in [-0.4, -0.2) is 21.8 Å². The smallest absolute Gasteiger partial charge is 0.153 e. The Bertz CT molecular complexity index is 505. The molecular formula is C14H19N3O. The fraction of sp³-hybridized carbons (Fsp3) is 0.429. The third-order valence-electron chi connectivity index (χ3n) is 2.66. The predicted octanol–water partition coefficient (Wildman–Crippen LogP) is 2.86. The Labute approximate surface area is 107 Å². The van der Waals surface area contributed by atoms with Gasteiger partial charge in [0.2, 0.25) is 0 Å². The summed E-state index contributed by atoms with van der Waals surface area (Å²) in [6.07, 6.45) is 0.744. The zero-order chi connectivity index (χ0) is 13.0. The Hall–Kier alpha value is -1.84. The molecule has 0 saturated carbocycles. The van der Waals surface area contributed by atoms with Crippen molar-refractivity contribution in [2.75, 3.05) is 6.61 Å². The van der Waals surface area contributed by atoms with Crippen LogP contribution in [0.3, 0.4) is 0 Å². The normalized spacial score (nSPS) is 10.9. The van der Waals surface area contributed by atoms with E-state index in [1.54, 1.807) is 0 Å². The van der Waals surface area contributed by atoms with Crippen LogP contribution in [-0.2, 0) is 6.42 Å². The maximum absolute atomic E-state index is 5.67. The number of nitrogens with zero attached hydrogens (tertiary/aromatic N) is 2. The zero-order valence-corrected chi connectivity index (χ0v) is 11.1. The van der Waals surface area contributed by atoms with Gasteiger partial charge in [0.25, 0.3) is 0 Å². The van der Waals surface area contributed by atoms with Crippen molar-refractivity contribution in [1.82, 2.24) is 15.2 Å². The van der Waals surface area contributed by atoms with Crippen LogP contribution in [0, 0.1) is 6.92 Å². The van der Waals surface area contributed by atoms with Gasteiger partial charge in [-0.2, -0.15) is 5.10 Å². The molecule has 0 spiro atoms. The Morgan fingerprint density at radius 3 is 2.83 bits per heavy atom. The van der Waals surface area contributed by atoms with E-state index >= 15 is 0 Å². The summed E-state index contributed by atoms with van der Waals surface area (Å²) >= 11 is 0. The molecule has 0 unspecified atom stereocenters. The van der Waals surface area contributed by atoms with Gasteiger partial charge in [-0.25, -0.2) is 4.98 Å². The Morgan fingerprint density at radius 2 is 2.17 bits per heavy atom. The molecule has 1 heterocycles. The van der Waals surface area contributed by atoms with Crippen molar-refractivity contribution in [3.63, 3.8) is 0 Å². The monoisotopic (exact) mass is 245 g/mol. The van der Waals surface area contributed by atoms with E-state index in [-0.39, 0.29) is 0 Å². The minimum atomic E-state index is 0.354. The number of benzene rings is 1. The lowest BCUT2D eigenvalue weighted by atomic mass is 10.2. The van der Waals surface area contributed by atoms with Crippen LogP contribution in [0.15, 0.2) is 24.3 Å². The molecule has 0 radical (unpaired) electrons. The third kappa shape index (κ3) is 3.32. The molecular weight excluding hydrogens is 226 g/mol. The molecule has 0 amide bonds. The van der Waals surface area contributed by atoms with E-state index < -0.39 is 0 Å². The Morgan fingerprint density at radius 1 is 1.33 bits per heavy atom. The van der Waals surface area contributed by atoms with E-state index in [2.05, 4.69) is 42.0 Å². The number of rotatable bonds is 5. The maximum Gasteiger partial charge on any atom is 0.153 e. The van der Waals surface area contributed by atoms with Gasteiger partial charge >= 0.3 is 0 Å². The first-order chi connectivity index (χ1) is 8.65. The topological polar surface area (TPSA) is 50.8 Å². The average Bonchev–Trinajstić information content (AvgIpc) is 2.78. The molecule has 4 heteroatoms.